The van der Waals surface area contributed by atoms with Crippen molar-refractivity contribution in [3.05, 3.63) is 34.3 Å². The molecule has 1 rings (SSSR count). The minimum Gasteiger partial charge on any atom is -0.409 e. The molecule has 9 heteroatoms. The van der Waals surface area contributed by atoms with Crippen LogP contribution in [0, 0.1) is 0 Å². The first-order valence-corrected chi connectivity index (χ1v) is 6.33. The van der Waals surface area contributed by atoms with Gasteiger partial charge < -0.3 is 21.0 Å². The lowest BCUT2D eigenvalue weighted by molar-refractivity contribution is -0.173. The maximum atomic E-state index is 11.8. The first-order chi connectivity index (χ1) is 9.83. The van der Waals surface area contributed by atoms with Crippen LogP contribution in [0.2, 0.25) is 5.02 Å². The van der Waals surface area contributed by atoms with Crippen LogP contribution in [0.15, 0.2) is 23.4 Å². The van der Waals surface area contributed by atoms with Crippen molar-refractivity contribution in [1.29, 1.82) is 0 Å². The van der Waals surface area contributed by atoms with Crippen molar-refractivity contribution >= 4 is 17.4 Å². The minimum atomic E-state index is -4.31. The Balaban J connectivity index is 2.36. The number of benzene rings is 1. The fourth-order valence-electron chi connectivity index (χ4n) is 1.46. The number of nitrogens with zero attached hydrogens (tertiary/aromatic N) is 1. The van der Waals surface area contributed by atoms with Crippen LogP contribution in [0.3, 0.4) is 0 Å². The van der Waals surface area contributed by atoms with Crippen LogP contribution in [0.25, 0.3) is 0 Å². The molecular weight excluding hydrogens is 311 g/mol. The second-order valence-electron chi connectivity index (χ2n) is 4.14. The zero-order chi connectivity index (χ0) is 15.9. The molecule has 0 amide bonds. The van der Waals surface area contributed by atoms with E-state index in [1.54, 1.807) is 12.1 Å². The molecule has 4 N–H and O–H groups in total. The summed E-state index contributed by atoms with van der Waals surface area (Å²) in [7, 11) is 0. The summed E-state index contributed by atoms with van der Waals surface area (Å²) in [5, 5.41) is 14.7. The van der Waals surface area contributed by atoms with E-state index < -0.39 is 12.8 Å². The summed E-state index contributed by atoms with van der Waals surface area (Å²) in [6.45, 7) is -0.692. The van der Waals surface area contributed by atoms with Gasteiger partial charge in [-0.15, -0.1) is 0 Å². The second-order valence-corrected chi connectivity index (χ2v) is 4.54. The van der Waals surface area contributed by atoms with E-state index >= 15 is 0 Å². The monoisotopic (exact) mass is 325 g/mol. The third-order valence-corrected chi connectivity index (χ3v) is 2.81. The van der Waals surface area contributed by atoms with Crippen molar-refractivity contribution in [2.24, 2.45) is 10.9 Å². The summed E-state index contributed by atoms with van der Waals surface area (Å²) < 4.78 is 39.9. The predicted molar refractivity (Wildman–Crippen MR) is 72.5 cm³/mol. The van der Waals surface area contributed by atoms with E-state index in [9.17, 15) is 13.2 Å². The summed E-state index contributed by atoms with van der Waals surface area (Å²) in [4.78, 5) is 0. The van der Waals surface area contributed by atoms with Crippen molar-refractivity contribution < 1.29 is 23.1 Å². The maximum Gasteiger partial charge on any atom is 0.411 e. The lowest BCUT2D eigenvalue weighted by atomic mass is 10.1. The molecule has 0 aliphatic heterocycles. The SMILES string of the molecule is N/C(=N/O)c1ccc(CNCCOCC(F)(F)F)c(Cl)c1. The van der Waals surface area contributed by atoms with Crippen LogP contribution in [0.1, 0.15) is 11.1 Å². The Morgan fingerprint density at radius 3 is 2.71 bits per heavy atom. The van der Waals surface area contributed by atoms with Crippen LogP contribution in [0.5, 0.6) is 0 Å². The molecule has 21 heavy (non-hydrogen) atoms. The molecule has 0 unspecified atom stereocenters. The molecule has 5 nitrogen and oxygen atoms in total. The molecule has 0 saturated carbocycles. The Morgan fingerprint density at radius 2 is 2.14 bits per heavy atom. The number of nitrogens with two attached hydrogens (primary N) is 1. The van der Waals surface area contributed by atoms with E-state index in [4.69, 9.17) is 22.5 Å². The number of oxime groups is 1. The Bertz CT molecular complexity index is 495. The smallest absolute Gasteiger partial charge is 0.409 e. The number of hydrogen-bond acceptors (Lipinski definition) is 4. The van der Waals surface area contributed by atoms with Crippen LogP contribution in [0.4, 0.5) is 13.2 Å². The molecule has 118 valence electrons. The first kappa shape index (κ1) is 17.5. The highest BCUT2D eigenvalue weighted by molar-refractivity contribution is 6.31. The molecular formula is C12H15ClF3N3O2. The lowest BCUT2D eigenvalue weighted by Gasteiger charge is -2.10. The molecule has 0 aromatic heterocycles. The van der Waals surface area contributed by atoms with E-state index in [1.807, 2.05) is 0 Å². The van der Waals surface area contributed by atoms with Crippen molar-refractivity contribution in [3.8, 4) is 0 Å². The van der Waals surface area contributed by atoms with Gasteiger partial charge in [-0.2, -0.15) is 13.2 Å². The van der Waals surface area contributed by atoms with Gasteiger partial charge >= 0.3 is 6.18 Å². The van der Waals surface area contributed by atoms with Gasteiger partial charge in [-0.25, -0.2) is 0 Å². The van der Waals surface area contributed by atoms with Crippen LogP contribution in [-0.2, 0) is 11.3 Å². The average molecular weight is 326 g/mol. The molecule has 0 aliphatic rings. The zero-order valence-corrected chi connectivity index (χ0v) is 11.7. The standard InChI is InChI=1S/C12H15ClF3N3O2/c13-10-5-8(11(17)19-20)1-2-9(10)6-18-3-4-21-7-12(14,15)16/h1-2,5,18,20H,3-4,6-7H2,(H2,17,19). The van der Waals surface area contributed by atoms with Gasteiger partial charge in [0, 0.05) is 23.7 Å². The first-order valence-electron chi connectivity index (χ1n) is 5.95. The molecule has 0 heterocycles. The van der Waals surface area contributed by atoms with Gasteiger partial charge in [-0.1, -0.05) is 28.9 Å². The Hall–Kier alpha value is -1.51. The van der Waals surface area contributed by atoms with Gasteiger partial charge in [0.15, 0.2) is 5.84 Å². The number of rotatable bonds is 7. The normalized spacial score (nSPS) is 12.7. The second kappa shape index (κ2) is 8.06. The zero-order valence-electron chi connectivity index (χ0n) is 11.0. The molecule has 1 aromatic carbocycles. The summed E-state index contributed by atoms with van der Waals surface area (Å²) in [6.07, 6.45) is -4.31. The third-order valence-electron chi connectivity index (χ3n) is 2.46. The van der Waals surface area contributed by atoms with E-state index in [0.717, 1.165) is 5.56 Å². The van der Waals surface area contributed by atoms with Crippen molar-refractivity contribution in [2.75, 3.05) is 19.8 Å². The van der Waals surface area contributed by atoms with E-state index in [-0.39, 0.29) is 19.0 Å². The predicted octanol–water partition coefficient (Wildman–Crippen LogP) is 2.10. The number of nitrogens with one attached hydrogen (secondary N) is 1. The molecule has 0 spiro atoms. The highest BCUT2D eigenvalue weighted by Crippen LogP contribution is 2.18. The molecule has 0 atom stereocenters. The van der Waals surface area contributed by atoms with E-state index in [2.05, 4.69) is 15.2 Å². The molecule has 0 fully saturated rings. The Morgan fingerprint density at radius 1 is 1.43 bits per heavy atom. The third kappa shape index (κ3) is 6.65. The molecule has 0 radical (unpaired) electrons. The summed E-state index contributed by atoms with van der Waals surface area (Å²) in [6, 6.07) is 4.84. The molecule has 1 aromatic rings. The average Bonchev–Trinajstić information content (AvgIpc) is 2.42. The van der Waals surface area contributed by atoms with Crippen molar-refractivity contribution in [2.45, 2.75) is 12.7 Å². The summed E-state index contributed by atoms with van der Waals surface area (Å²) in [5.74, 6) is -0.0584. The summed E-state index contributed by atoms with van der Waals surface area (Å²) in [5.41, 5.74) is 6.63. The lowest BCUT2D eigenvalue weighted by Crippen LogP contribution is -2.23. The Kier molecular flexibility index (Phi) is 6.73. The van der Waals surface area contributed by atoms with Crippen LogP contribution in [-0.4, -0.2) is 37.0 Å². The number of hydrogen-bond donors (Lipinski definition) is 3. The summed E-state index contributed by atoms with van der Waals surface area (Å²) >= 11 is 6.02. The largest absolute Gasteiger partial charge is 0.411 e. The van der Waals surface area contributed by atoms with Gasteiger partial charge in [0.05, 0.1) is 6.61 Å². The van der Waals surface area contributed by atoms with Gasteiger partial charge in [-0.05, 0) is 11.6 Å². The van der Waals surface area contributed by atoms with Crippen LogP contribution >= 0.6 is 11.6 Å². The van der Waals surface area contributed by atoms with Gasteiger partial charge in [0.2, 0.25) is 0 Å². The molecule has 0 aliphatic carbocycles. The highest BCUT2D eigenvalue weighted by atomic mass is 35.5. The fourth-order valence-corrected chi connectivity index (χ4v) is 1.71. The molecule has 0 saturated heterocycles. The van der Waals surface area contributed by atoms with E-state index in [0.29, 0.717) is 17.1 Å². The fraction of sp³-hybridized carbons (Fsp3) is 0.417. The number of ether oxygens (including phenoxy) is 1. The highest BCUT2D eigenvalue weighted by Gasteiger charge is 2.27. The van der Waals surface area contributed by atoms with Gasteiger partial charge in [-0.3, -0.25) is 0 Å². The number of halogens is 4. The number of alkyl halides is 3. The van der Waals surface area contributed by atoms with Crippen LogP contribution < -0.4 is 11.1 Å². The minimum absolute atomic E-state index is 0.0562. The topological polar surface area (TPSA) is 79.9 Å². The van der Waals surface area contributed by atoms with E-state index in [1.165, 1.54) is 6.07 Å². The molecule has 0 bridgehead atoms. The van der Waals surface area contributed by atoms with Crippen molar-refractivity contribution in [1.82, 2.24) is 5.32 Å². The number of amidine groups is 1. The Labute approximate surface area is 124 Å². The van der Waals surface area contributed by atoms with Gasteiger partial charge in [0.1, 0.15) is 6.61 Å². The quantitative estimate of drug-likeness (QED) is 0.236. The van der Waals surface area contributed by atoms with Crippen molar-refractivity contribution in [3.63, 3.8) is 0 Å². The maximum absolute atomic E-state index is 11.8. The van der Waals surface area contributed by atoms with Gasteiger partial charge in [0.25, 0.3) is 0 Å².